The lowest BCUT2D eigenvalue weighted by molar-refractivity contribution is 0.255. The van der Waals surface area contributed by atoms with Gasteiger partial charge in [0.25, 0.3) is 0 Å². The van der Waals surface area contributed by atoms with Gasteiger partial charge < -0.3 is 9.13 Å². The number of carbonyl (C=O) groups is 1. The molecule has 3 aliphatic heterocycles. The first-order valence-corrected chi connectivity index (χ1v) is 32.4. The number of fused-ring (bicyclic) bond motifs is 22. The highest BCUT2D eigenvalue weighted by atomic mass is 32.1. The summed E-state index contributed by atoms with van der Waals surface area (Å²) in [5.74, 6) is 0. The maximum atomic E-state index is 18.3. The van der Waals surface area contributed by atoms with Crippen LogP contribution in [0.4, 0.5) is 27.5 Å². The predicted octanol–water partition coefficient (Wildman–Crippen LogP) is 17.4. The highest BCUT2D eigenvalue weighted by molar-refractivity contribution is 7.28. The Morgan fingerprint density at radius 2 is 0.727 bits per heavy atom. The number of thiophene rings is 2. The molecule has 4 aromatic heterocycles. The molecule has 0 spiro atoms. The second kappa shape index (κ2) is 17.8. The van der Waals surface area contributed by atoms with Crippen molar-refractivity contribution >= 4 is 192 Å². The zero-order valence-electron chi connectivity index (χ0n) is 49.6. The number of anilines is 4. The van der Waals surface area contributed by atoms with E-state index in [-0.39, 0.29) is 30.3 Å². The number of nitrogens with zero attached hydrogens (tertiary/aromatic N) is 4. The van der Waals surface area contributed by atoms with Gasteiger partial charge in [0.2, 0.25) is 13.4 Å². The van der Waals surface area contributed by atoms with Crippen molar-refractivity contribution in [2.75, 3.05) is 9.80 Å². The van der Waals surface area contributed by atoms with Crippen LogP contribution < -0.4 is 42.6 Å². The van der Waals surface area contributed by atoms with Crippen LogP contribution in [0.15, 0.2) is 231 Å². The largest absolute Gasteiger partial charge is 0.338 e. The van der Waals surface area contributed by atoms with Gasteiger partial charge in [-0.2, -0.15) is 0 Å². The molecule has 0 aliphatic carbocycles. The van der Waals surface area contributed by atoms with Crippen molar-refractivity contribution in [1.82, 2.24) is 9.13 Å². The topological polar surface area (TPSA) is 33.4 Å². The molecule has 0 saturated carbocycles. The van der Waals surface area contributed by atoms with E-state index < -0.39 is 0 Å². The number of para-hydroxylation sites is 4. The number of aromatic nitrogens is 2. The Labute approximate surface area is 518 Å². The van der Waals surface area contributed by atoms with E-state index >= 15 is 4.79 Å². The van der Waals surface area contributed by atoms with Crippen molar-refractivity contribution < 1.29 is 4.79 Å². The van der Waals surface area contributed by atoms with Crippen molar-refractivity contribution in [1.29, 1.82) is 0 Å². The number of urea groups is 1. The molecular formula is C79H56B2N4OS2. The van der Waals surface area contributed by atoms with E-state index in [4.69, 9.17) is 0 Å². The van der Waals surface area contributed by atoms with Gasteiger partial charge in [0, 0.05) is 47.7 Å². The zero-order valence-corrected chi connectivity index (χ0v) is 51.2. The van der Waals surface area contributed by atoms with Crippen LogP contribution in [0, 0.1) is 0 Å². The third-order valence-corrected chi connectivity index (χ3v) is 22.2. The van der Waals surface area contributed by atoms with Crippen LogP contribution >= 0.6 is 22.7 Å². The van der Waals surface area contributed by atoms with E-state index in [9.17, 15) is 0 Å². The fraction of sp³-hybridized carbons (Fsp3) is 0.101. The van der Waals surface area contributed by atoms with Crippen molar-refractivity contribution in [2.45, 2.75) is 52.4 Å². The number of hydrogen-bond acceptors (Lipinski definition) is 3. The minimum Gasteiger partial charge on any atom is -0.308 e. The highest BCUT2D eigenvalue weighted by Crippen LogP contribution is 2.56. The van der Waals surface area contributed by atoms with Crippen molar-refractivity contribution in [2.24, 2.45) is 0 Å². The molecular weight excluding hydrogens is 1110 g/mol. The SMILES string of the molecule is CC(C)(C)c1ccc(B2c3ccc4ccc5c6c4c3N(C(=O)N6c3c(c4c6ccccc6sc4c4c3c3ccccc3n4-c3ccccc3)B5c3ccc(C(C)(C)C)cc3)c3c2c2c4ccccc4sc2c2c3c3ccccc3n2-c2ccccc2)cc1. The first-order valence-electron chi connectivity index (χ1n) is 30.8. The van der Waals surface area contributed by atoms with Crippen molar-refractivity contribution in [3.63, 3.8) is 0 Å². The second-order valence-electron chi connectivity index (χ2n) is 26.6. The fourth-order valence-electron chi connectivity index (χ4n) is 16.0. The standard InChI is InChI=1S/C79H56B2N4OS2/c1-78(2,3)46-35-39-48(40-36-46)80-56-43-33-45-34-44-57-70-62(45)69(56)84(71-65-52-25-13-17-29-58(52)82(50-21-9-7-10-22-50)73(65)75-63(67(71)80)54-27-15-19-31-60(54)87-75)77(86)85(70)72-66-53-26-14-18-30-59(53)83(51-23-11-8-12-24-51)74(66)76-64(55-28-16-20-32-61(55)88-76)68(72)81(57)49-41-37-47(38-42-49)79(4,5)6/h7-44H,1-6H3. The average Bonchev–Trinajstić information content (AvgIpc) is 1.07. The first kappa shape index (κ1) is 50.5. The summed E-state index contributed by atoms with van der Waals surface area (Å²) in [5.41, 5.74) is 19.9. The first-order chi connectivity index (χ1) is 42.9. The Balaban J connectivity index is 1.05. The Morgan fingerprint density at radius 1 is 0.352 bits per heavy atom. The molecule has 3 aliphatic rings. The average molecular weight is 1160 g/mol. The van der Waals surface area contributed by atoms with Gasteiger partial charge in [-0.1, -0.05) is 234 Å². The van der Waals surface area contributed by atoms with Crippen molar-refractivity contribution in [3.8, 4) is 11.4 Å². The fourth-order valence-corrected chi connectivity index (χ4v) is 18.5. The maximum absolute atomic E-state index is 18.3. The summed E-state index contributed by atoms with van der Waals surface area (Å²) in [6, 6.07) is 85.9. The van der Waals surface area contributed by atoms with Gasteiger partial charge in [0.15, 0.2) is 0 Å². The molecule has 0 N–H and O–H groups in total. The van der Waals surface area contributed by atoms with Gasteiger partial charge in [-0.15, -0.1) is 22.7 Å². The molecule has 7 heterocycles. The molecule has 416 valence electrons. The van der Waals surface area contributed by atoms with Gasteiger partial charge in [-0.25, -0.2) is 4.79 Å². The smallest absolute Gasteiger partial charge is 0.308 e. The number of benzene rings is 12. The van der Waals surface area contributed by atoms with Crippen LogP contribution in [-0.4, -0.2) is 28.6 Å². The van der Waals surface area contributed by atoms with E-state index in [1.165, 1.54) is 73.3 Å². The summed E-state index contributed by atoms with van der Waals surface area (Å²) in [7, 11) is 0. The van der Waals surface area contributed by atoms with Gasteiger partial charge in [0.1, 0.15) is 0 Å². The Bertz CT molecular complexity index is 5400. The molecule has 16 aromatic rings. The van der Waals surface area contributed by atoms with Gasteiger partial charge >= 0.3 is 6.03 Å². The number of amides is 2. The molecule has 9 heteroatoms. The highest BCUT2D eigenvalue weighted by Gasteiger charge is 2.52. The molecule has 0 bridgehead atoms. The molecule has 12 aromatic carbocycles. The monoisotopic (exact) mass is 1160 g/mol. The lowest BCUT2D eigenvalue weighted by Crippen LogP contribution is -2.64. The summed E-state index contributed by atoms with van der Waals surface area (Å²) in [5, 5.41) is 11.4. The van der Waals surface area contributed by atoms with Crippen LogP contribution in [0.3, 0.4) is 0 Å². The third-order valence-electron chi connectivity index (χ3n) is 19.8. The summed E-state index contributed by atoms with van der Waals surface area (Å²) >= 11 is 3.75. The summed E-state index contributed by atoms with van der Waals surface area (Å²) < 4.78 is 9.84. The maximum Gasteiger partial charge on any atom is 0.338 e. The lowest BCUT2D eigenvalue weighted by atomic mass is 9.33. The molecule has 0 saturated heterocycles. The molecule has 5 nitrogen and oxygen atoms in total. The minimum atomic E-state index is -0.248. The Kier molecular flexibility index (Phi) is 10.2. The predicted molar refractivity (Wildman–Crippen MR) is 381 cm³/mol. The molecule has 0 atom stereocenters. The van der Waals surface area contributed by atoms with Crippen LogP contribution in [0.5, 0.6) is 0 Å². The van der Waals surface area contributed by atoms with Crippen molar-refractivity contribution in [3.05, 3.63) is 242 Å². The van der Waals surface area contributed by atoms with E-state index in [0.717, 1.165) is 99.4 Å². The molecule has 88 heavy (non-hydrogen) atoms. The summed E-state index contributed by atoms with van der Waals surface area (Å²) in [4.78, 5) is 22.8. The number of carbonyl (C=O) groups excluding carboxylic acids is 1. The summed E-state index contributed by atoms with van der Waals surface area (Å²) in [6.45, 7) is 13.3. The van der Waals surface area contributed by atoms with Crippen LogP contribution in [0.2, 0.25) is 0 Å². The van der Waals surface area contributed by atoms with E-state index in [0.29, 0.717) is 0 Å². The van der Waals surface area contributed by atoms with E-state index in [2.05, 4.69) is 291 Å². The number of hydrogen-bond donors (Lipinski definition) is 0. The van der Waals surface area contributed by atoms with Crippen LogP contribution in [0.1, 0.15) is 52.7 Å². The molecule has 2 amide bonds. The second-order valence-corrected chi connectivity index (χ2v) is 28.7. The van der Waals surface area contributed by atoms with E-state index in [1.807, 2.05) is 22.7 Å². The Hall–Kier alpha value is -9.66. The minimum absolute atomic E-state index is 0.0501. The van der Waals surface area contributed by atoms with Crippen LogP contribution in [0.25, 0.3) is 106 Å². The third kappa shape index (κ3) is 6.59. The van der Waals surface area contributed by atoms with Gasteiger partial charge in [-0.05, 0) is 119 Å². The summed E-state index contributed by atoms with van der Waals surface area (Å²) in [6.07, 6.45) is 0. The molecule has 0 fully saturated rings. The Morgan fingerprint density at radius 3 is 1.14 bits per heavy atom. The molecule has 19 rings (SSSR count). The molecule has 0 radical (unpaired) electrons. The van der Waals surface area contributed by atoms with Crippen LogP contribution in [-0.2, 0) is 10.8 Å². The normalized spacial score (nSPS) is 14.0. The number of rotatable bonds is 4. The van der Waals surface area contributed by atoms with Gasteiger partial charge in [-0.3, -0.25) is 9.80 Å². The quantitative estimate of drug-likeness (QED) is 0.162. The van der Waals surface area contributed by atoms with Gasteiger partial charge in [0.05, 0.1) is 54.2 Å². The zero-order chi connectivity index (χ0) is 58.8. The van der Waals surface area contributed by atoms with E-state index in [1.54, 1.807) is 0 Å². The lowest BCUT2D eigenvalue weighted by Gasteiger charge is -2.47. The molecule has 0 unspecified atom stereocenters.